The lowest BCUT2D eigenvalue weighted by Gasteiger charge is -2.19. The van der Waals surface area contributed by atoms with Crippen LogP contribution in [0.4, 0.5) is 5.69 Å². The normalized spacial score (nSPS) is 12.4. The van der Waals surface area contributed by atoms with E-state index in [0.717, 1.165) is 38.4 Å². The Morgan fingerprint density at radius 3 is 2.59 bits per heavy atom. The van der Waals surface area contributed by atoms with Gasteiger partial charge in [-0.25, -0.2) is 0 Å². The first kappa shape index (κ1) is 19.2. The van der Waals surface area contributed by atoms with Crippen LogP contribution in [0, 0.1) is 6.92 Å². The molecule has 0 saturated carbocycles. The zero-order chi connectivity index (χ0) is 19.7. The molecule has 0 aliphatic rings. The molecule has 142 valence electrons. The first-order valence-corrected chi connectivity index (χ1v) is 9.75. The molecule has 0 saturated heterocycles. The quantitative estimate of drug-likeness (QED) is 0.707. The maximum absolute atomic E-state index is 12.6. The number of rotatable bonds is 5. The van der Waals surface area contributed by atoms with E-state index in [2.05, 4.69) is 19.2 Å². The van der Waals surface area contributed by atoms with Crippen molar-refractivity contribution in [2.24, 2.45) is 7.05 Å². The second-order valence-corrected chi connectivity index (χ2v) is 8.05. The molecule has 0 bridgehead atoms. The number of carbonyl (C=O) groups excluding carboxylic acids is 1. The zero-order valence-corrected chi connectivity index (χ0v) is 17.0. The molecule has 5 nitrogen and oxygen atoms in total. The van der Waals surface area contributed by atoms with Crippen LogP contribution in [0.3, 0.4) is 0 Å². The summed E-state index contributed by atoms with van der Waals surface area (Å²) in [5, 5.41) is 2.88. The molecule has 0 aliphatic carbocycles. The molecule has 1 amide bonds. The van der Waals surface area contributed by atoms with E-state index in [0.29, 0.717) is 11.6 Å². The van der Waals surface area contributed by atoms with Crippen molar-refractivity contribution in [3.8, 4) is 5.75 Å². The van der Waals surface area contributed by atoms with Crippen LogP contribution >= 0.6 is 11.3 Å². The van der Waals surface area contributed by atoms with Crippen LogP contribution in [0.5, 0.6) is 5.75 Å². The molecule has 2 aromatic carbocycles. The van der Waals surface area contributed by atoms with Crippen LogP contribution in [0.2, 0.25) is 0 Å². The highest BCUT2D eigenvalue weighted by Gasteiger charge is 2.18. The van der Waals surface area contributed by atoms with Gasteiger partial charge in [0.05, 0.1) is 10.2 Å². The average molecular weight is 385 g/mol. The summed E-state index contributed by atoms with van der Waals surface area (Å²) in [5.74, 6) is 0.817. The Labute approximate surface area is 162 Å². The van der Waals surface area contributed by atoms with E-state index in [9.17, 15) is 9.59 Å². The van der Waals surface area contributed by atoms with Crippen molar-refractivity contribution in [1.29, 1.82) is 0 Å². The number of fused-ring (bicyclic) bond motifs is 1. The molecule has 0 fully saturated rings. The van der Waals surface area contributed by atoms with Gasteiger partial charge in [0, 0.05) is 12.7 Å². The van der Waals surface area contributed by atoms with Gasteiger partial charge in [-0.15, -0.1) is 0 Å². The molecular weight excluding hydrogens is 360 g/mol. The zero-order valence-electron chi connectivity index (χ0n) is 16.2. The number of amides is 1. The van der Waals surface area contributed by atoms with Gasteiger partial charge in [0.1, 0.15) is 5.75 Å². The minimum Gasteiger partial charge on any atom is -0.481 e. The lowest BCUT2D eigenvalue weighted by Crippen LogP contribution is -2.30. The van der Waals surface area contributed by atoms with E-state index < -0.39 is 6.10 Å². The van der Waals surface area contributed by atoms with Crippen LogP contribution in [-0.2, 0) is 11.8 Å². The van der Waals surface area contributed by atoms with Gasteiger partial charge < -0.3 is 14.6 Å². The molecule has 1 N–H and O–H groups in total. The number of aryl methyl sites for hydroxylation is 2. The minimum absolute atomic E-state index is 0.0224. The van der Waals surface area contributed by atoms with Crippen molar-refractivity contribution in [2.75, 3.05) is 5.32 Å². The number of nitrogens with one attached hydrogen (secondary N) is 1. The van der Waals surface area contributed by atoms with Gasteiger partial charge in [-0.3, -0.25) is 9.59 Å². The molecule has 1 aromatic heterocycles. The van der Waals surface area contributed by atoms with E-state index in [-0.39, 0.29) is 10.8 Å². The molecule has 0 aliphatic heterocycles. The molecule has 0 spiro atoms. The molecule has 27 heavy (non-hydrogen) atoms. The molecule has 6 heteroatoms. The van der Waals surface area contributed by atoms with Crippen LogP contribution < -0.4 is 14.9 Å². The Bertz CT molecular complexity index is 1050. The monoisotopic (exact) mass is 384 g/mol. The van der Waals surface area contributed by atoms with Crippen molar-refractivity contribution in [3.63, 3.8) is 0 Å². The number of hydrogen-bond donors (Lipinski definition) is 1. The summed E-state index contributed by atoms with van der Waals surface area (Å²) in [5.41, 5.74) is 3.67. The number of aromatic nitrogens is 1. The van der Waals surface area contributed by atoms with E-state index in [4.69, 9.17) is 4.74 Å². The van der Waals surface area contributed by atoms with Crippen LogP contribution in [0.15, 0.2) is 41.2 Å². The fourth-order valence-electron chi connectivity index (χ4n) is 2.92. The smallest absolute Gasteiger partial charge is 0.307 e. The molecule has 3 rings (SSSR count). The second-order valence-electron chi connectivity index (χ2n) is 7.05. The third-order valence-electron chi connectivity index (χ3n) is 4.52. The number of thiazole rings is 1. The molecule has 0 radical (unpaired) electrons. The minimum atomic E-state index is -0.644. The van der Waals surface area contributed by atoms with Crippen LogP contribution in [0.1, 0.15) is 37.8 Å². The summed E-state index contributed by atoms with van der Waals surface area (Å²) in [6.07, 6.45) is -0.644. The fourth-order valence-corrected chi connectivity index (χ4v) is 3.84. The van der Waals surface area contributed by atoms with Crippen molar-refractivity contribution in [3.05, 3.63) is 57.2 Å². The van der Waals surface area contributed by atoms with Gasteiger partial charge in [-0.2, -0.15) is 0 Å². The number of anilines is 1. The first-order valence-electron chi connectivity index (χ1n) is 8.94. The lowest BCUT2D eigenvalue weighted by molar-refractivity contribution is -0.122. The average Bonchev–Trinajstić information content (AvgIpc) is 2.88. The van der Waals surface area contributed by atoms with Gasteiger partial charge in [-0.05, 0) is 55.2 Å². The first-order chi connectivity index (χ1) is 12.8. The van der Waals surface area contributed by atoms with E-state index in [1.165, 1.54) is 0 Å². The topological polar surface area (TPSA) is 60.3 Å². The van der Waals surface area contributed by atoms with Crippen LogP contribution in [-0.4, -0.2) is 16.6 Å². The summed E-state index contributed by atoms with van der Waals surface area (Å²) < 4.78 is 8.41. The number of carbonyl (C=O) groups is 1. The molecule has 1 atom stereocenters. The predicted octanol–water partition coefficient (Wildman–Crippen LogP) is 4.44. The third kappa shape index (κ3) is 4.06. The summed E-state index contributed by atoms with van der Waals surface area (Å²) in [6, 6.07) is 11.5. The summed E-state index contributed by atoms with van der Waals surface area (Å²) in [4.78, 5) is 24.3. The molecule has 1 heterocycles. The van der Waals surface area contributed by atoms with Crippen molar-refractivity contribution < 1.29 is 9.53 Å². The third-order valence-corrected chi connectivity index (χ3v) is 5.52. The number of ether oxygens (including phenoxy) is 1. The number of hydrogen-bond acceptors (Lipinski definition) is 4. The van der Waals surface area contributed by atoms with Crippen molar-refractivity contribution in [2.45, 2.75) is 39.7 Å². The van der Waals surface area contributed by atoms with Gasteiger partial charge in [-0.1, -0.05) is 37.3 Å². The molecular formula is C21H24N2O3S. The Hall–Kier alpha value is -2.60. The number of nitrogens with zero attached hydrogens (tertiary/aromatic N) is 1. The maximum atomic E-state index is 12.6. The second kappa shape index (κ2) is 7.56. The Morgan fingerprint density at radius 1 is 1.15 bits per heavy atom. The van der Waals surface area contributed by atoms with Gasteiger partial charge in [0.2, 0.25) is 0 Å². The Morgan fingerprint density at radius 2 is 1.89 bits per heavy atom. The largest absolute Gasteiger partial charge is 0.481 e. The van der Waals surface area contributed by atoms with Crippen molar-refractivity contribution >= 4 is 33.1 Å². The number of benzene rings is 2. The lowest BCUT2D eigenvalue weighted by atomic mass is 10.0. The van der Waals surface area contributed by atoms with E-state index in [1.807, 2.05) is 37.3 Å². The highest BCUT2D eigenvalue weighted by molar-refractivity contribution is 7.16. The van der Waals surface area contributed by atoms with Gasteiger partial charge in [0.25, 0.3) is 5.91 Å². The van der Waals surface area contributed by atoms with Crippen LogP contribution in [0.25, 0.3) is 10.2 Å². The van der Waals surface area contributed by atoms with E-state index in [1.54, 1.807) is 24.6 Å². The Kier molecular flexibility index (Phi) is 5.37. The van der Waals surface area contributed by atoms with Crippen molar-refractivity contribution in [1.82, 2.24) is 4.57 Å². The highest BCUT2D eigenvalue weighted by Crippen LogP contribution is 2.28. The van der Waals surface area contributed by atoms with Gasteiger partial charge in [0.15, 0.2) is 6.10 Å². The molecule has 1 unspecified atom stereocenters. The Balaban J connectivity index is 1.77. The summed E-state index contributed by atoms with van der Waals surface area (Å²) >= 11 is 1.16. The van der Waals surface area contributed by atoms with E-state index >= 15 is 0 Å². The summed E-state index contributed by atoms with van der Waals surface area (Å²) in [6.45, 7) is 7.94. The summed E-state index contributed by atoms with van der Waals surface area (Å²) in [7, 11) is 1.74. The predicted molar refractivity (Wildman–Crippen MR) is 111 cm³/mol. The fraction of sp³-hybridized carbons (Fsp3) is 0.333. The maximum Gasteiger partial charge on any atom is 0.307 e. The highest BCUT2D eigenvalue weighted by atomic mass is 32.1. The SMILES string of the molecule is Cc1ccc(C(C)C)c(OC(C)C(=O)Nc2ccc3c(c2)sc(=O)n3C)c1. The molecule has 3 aromatic rings. The van der Waals surface area contributed by atoms with Gasteiger partial charge >= 0.3 is 4.87 Å². The standard InChI is InChI=1S/C21H24N2O3S/c1-12(2)16-8-6-13(3)10-18(16)26-14(4)20(24)22-15-7-9-17-19(11-15)27-21(25)23(17)5/h6-12,14H,1-5H3,(H,22,24).